The number of rotatable bonds is 8. The van der Waals surface area contributed by atoms with Gasteiger partial charge in [0, 0.05) is 60.8 Å². The lowest BCUT2D eigenvalue weighted by Crippen LogP contribution is -2.31. The second-order valence-electron chi connectivity index (χ2n) is 10.1. The zero-order valence-corrected chi connectivity index (χ0v) is 23.2. The number of hydrogen-bond acceptors (Lipinski definition) is 6. The van der Waals surface area contributed by atoms with Crippen LogP contribution in [-0.4, -0.2) is 78.2 Å². The summed E-state index contributed by atoms with van der Waals surface area (Å²) in [6, 6.07) is 17.1. The quantitative estimate of drug-likeness (QED) is 0.327. The summed E-state index contributed by atoms with van der Waals surface area (Å²) in [6.07, 6.45) is 2.76. The number of likely N-dealkylation sites (N-methyl/N-ethyl adjacent to an activating group) is 1. The third-order valence-electron chi connectivity index (χ3n) is 6.84. The monoisotopic (exact) mass is 540 g/mol. The van der Waals surface area contributed by atoms with E-state index in [0.717, 1.165) is 36.4 Å². The summed E-state index contributed by atoms with van der Waals surface area (Å²) in [7, 11) is 4.27. The number of likely N-dealkylation sites (tertiary alicyclic amines) is 1. The van der Waals surface area contributed by atoms with Gasteiger partial charge in [-0.25, -0.2) is 9.78 Å². The summed E-state index contributed by atoms with van der Waals surface area (Å²) >= 11 is 0. The first-order valence-electron chi connectivity index (χ1n) is 13.3. The fourth-order valence-corrected chi connectivity index (χ4v) is 4.44. The topological polar surface area (TPSA) is 110 Å². The molecule has 9 heteroatoms. The van der Waals surface area contributed by atoms with Crippen LogP contribution < -0.4 is 16.0 Å². The highest BCUT2D eigenvalue weighted by molar-refractivity contribution is 6.04. The maximum Gasteiger partial charge on any atom is 0.320 e. The Morgan fingerprint density at radius 1 is 1.07 bits per heavy atom. The Hall–Kier alpha value is -4.23. The average Bonchev–Trinajstić information content (AvgIpc) is 3.42. The number of benzene rings is 2. The molecule has 3 aromatic rings. The number of carbonyl (C=O) groups excluding carboxylic acids is 2. The number of urea groups is 1. The number of nitrogens with zero attached hydrogens (tertiary/aromatic N) is 3. The molecule has 1 saturated heterocycles. The Morgan fingerprint density at radius 2 is 1.88 bits per heavy atom. The van der Waals surface area contributed by atoms with Crippen molar-refractivity contribution in [2.75, 3.05) is 51.0 Å². The van der Waals surface area contributed by atoms with Crippen molar-refractivity contribution in [2.45, 2.75) is 25.9 Å². The molecule has 1 unspecified atom stereocenters. The van der Waals surface area contributed by atoms with E-state index in [9.17, 15) is 9.59 Å². The molecule has 1 aliphatic heterocycles. The van der Waals surface area contributed by atoms with Gasteiger partial charge >= 0.3 is 6.03 Å². The number of hydrogen-bond donors (Lipinski definition) is 4. The van der Waals surface area contributed by atoms with E-state index in [0.29, 0.717) is 23.0 Å². The summed E-state index contributed by atoms with van der Waals surface area (Å²) in [4.78, 5) is 33.6. The molecule has 0 spiro atoms. The van der Waals surface area contributed by atoms with Crippen LogP contribution in [0, 0.1) is 18.8 Å². The van der Waals surface area contributed by atoms with Crippen LogP contribution in [0.2, 0.25) is 0 Å². The Labute approximate surface area is 235 Å². The van der Waals surface area contributed by atoms with Crippen molar-refractivity contribution >= 4 is 23.4 Å². The van der Waals surface area contributed by atoms with E-state index in [4.69, 9.17) is 5.11 Å². The number of aliphatic hydroxyl groups is 1. The number of aryl methyl sites for hydroxylation is 1. The maximum atomic E-state index is 13.0. The van der Waals surface area contributed by atoms with Crippen molar-refractivity contribution in [3.8, 4) is 11.8 Å². The van der Waals surface area contributed by atoms with Crippen LogP contribution in [0.4, 0.5) is 16.3 Å². The van der Waals surface area contributed by atoms with Gasteiger partial charge in [0.2, 0.25) is 0 Å². The number of aromatic nitrogens is 1. The molecule has 1 atom stereocenters. The van der Waals surface area contributed by atoms with Gasteiger partial charge in [-0.1, -0.05) is 30.0 Å². The smallest absolute Gasteiger partial charge is 0.320 e. The summed E-state index contributed by atoms with van der Waals surface area (Å²) < 4.78 is 0. The van der Waals surface area contributed by atoms with Crippen LogP contribution in [0.15, 0.2) is 60.8 Å². The highest BCUT2D eigenvalue weighted by Gasteiger charge is 2.23. The number of nitrogens with one attached hydrogen (secondary N) is 3. The lowest BCUT2D eigenvalue weighted by atomic mass is 10.0. The van der Waals surface area contributed by atoms with Crippen molar-refractivity contribution in [3.63, 3.8) is 0 Å². The molecule has 0 radical (unpaired) electrons. The van der Waals surface area contributed by atoms with Gasteiger partial charge in [-0.2, -0.15) is 0 Å². The number of anilines is 2. The summed E-state index contributed by atoms with van der Waals surface area (Å²) in [5.74, 6) is 6.37. The Balaban J connectivity index is 1.35. The lowest BCUT2D eigenvalue weighted by Gasteiger charge is -2.20. The summed E-state index contributed by atoms with van der Waals surface area (Å²) in [5, 5.41) is 16.8. The van der Waals surface area contributed by atoms with Crippen molar-refractivity contribution in [1.82, 2.24) is 20.1 Å². The van der Waals surface area contributed by atoms with E-state index in [2.05, 4.69) is 68.8 Å². The average molecular weight is 541 g/mol. The Morgan fingerprint density at radius 3 is 2.55 bits per heavy atom. The molecule has 4 N–H and O–H groups in total. The van der Waals surface area contributed by atoms with Crippen molar-refractivity contribution in [2.24, 2.45) is 0 Å². The molecular weight excluding hydrogens is 504 g/mol. The molecule has 1 fully saturated rings. The number of pyridine rings is 1. The molecule has 208 valence electrons. The Kier molecular flexibility index (Phi) is 9.86. The molecule has 0 aliphatic carbocycles. The van der Waals surface area contributed by atoms with E-state index < -0.39 is 6.03 Å². The highest BCUT2D eigenvalue weighted by atomic mass is 16.3. The van der Waals surface area contributed by atoms with Gasteiger partial charge in [0.05, 0.1) is 6.61 Å². The van der Waals surface area contributed by atoms with Crippen LogP contribution in [0.25, 0.3) is 0 Å². The molecule has 40 heavy (non-hydrogen) atoms. The minimum Gasteiger partial charge on any atom is -0.395 e. The molecule has 2 aromatic carbocycles. The van der Waals surface area contributed by atoms with Gasteiger partial charge in [-0.05, 0) is 75.0 Å². The zero-order valence-electron chi connectivity index (χ0n) is 23.2. The normalized spacial score (nSPS) is 14.9. The lowest BCUT2D eigenvalue weighted by molar-refractivity contribution is 0.102. The molecule has 3 amide bonds. The third kappa shape index (κ3) is 8.13. The van der Waals surface area contributed by atoms with Gasteiger partial charge in [-0.3, -0.25) is 15.0 Å². The van der Waals surface area contributed by atoms with Gasteiger partial charge in [-0.15, -0.1) is 0 Å². The second kappa shape index (κ2) is 13.7. The van der Waals surface area contributed by atoms with Crippen LogP contribution in [0.1, 0.15) is 39.0 Å². The first-order chi connectivity index (χ1) is 19.3. The van der Waals surface area contributed by atoms with E-state index in [1.54, 1.807) is 30.5 Å². The fraction of sp³-hybridized carbons (Fsp3) is 0.323. The predicted octanol–water partition coefficient (Wildman–Crippen LogP) is 3.29. The van der Waals surface area contributed by atoms with E-state index in [-0.39, 0.29) is 19.1 Å². The Bertz CT molecular complexity index is 1380. The standard InChI is InChI=1S/C31H36N6O3/c1-22-4-9-26(18-25(22)10-5-23-8-13-29(33-19-23)35-31(40)32-15-17-38)30(39)34-27-11-6-24(7-12-27)20-37-16-14-28(21-37)36(2)3/h4,6-9,11-13,18-19,28,38H,14-17,20-21H2,1-3H3,(H,34,39)(H2,32,33,35,40). The van der Waals surface area contributed by atoms with Crippen LogP contribution in [0.5, 0.6) is 0 Å². The van der Waals surface area contributed by atoms with E-state index in [1.165, 1.54) is 12.0 Å². The molecule has 2 heterocycles. The minimum atomic E-state index is -0.442. The summed E-state index contributed by atoms with van der Waals surface area (Å²) in [5.41, 5.74) is 4.88. The van der Waals surface area contributed by atoms with Gasteiger partial charge in [0.1, 0.15) is 5.82 Å². The zero-order chi connectivity index (χ0) is 28.5. The molecular formula is C31H36N6O3. The maximum absolute atomic E-state index is 13.0. The van der Waals surface area contributed by atoms with Crippen LogP contribution in [0.3, 0.4) is 0 Å². The largest absolute Gasteiger partial charge is 0.395 e. The molecule has 1 aromatic heterocycles. The third-order valence-corrected chi connectivity index (χ3v) is 6.84. The van der Waals surface area contributed by atoms with Gasteiger partial charge in [0.25, 0.3) is 5.91 Å². The molecule has 4 rings (SSSR count). The minimum absolute atomic E-state index is 0.137. The molecule has 0 saturated carbocycles. The molecule has 9 nitrogen and oxygen atoms in total. The predicted molar refractivity (Wildman–Crippen MR) is 157 cm³/mol. The fourth-order valence-electron chi connectivity index (χ4n) is 4.44. The number of amides is 3. The molecule has 1 aliphatic rings. The summed E-state index contributed by atoms with van der Waals surface area (Å²) in [6.45, 7) is 5.06. The van der Waals surface area contributed by atoms with Crippen LogP contribution >= 0.6 is 0 Å². The number of aliphatic hydroxyl groups excluding tert-OH is 1. The number of carbonyl (C=O) groups is 2. The van der Waals surface area contributed by atoms with E-state index in [1.807, 2.05) is 25.1 Å². The SMILES string of the molecule is Cc1ccc(C(=O)Nc2ccc(CN3CCC(N(C)C)C3)cc2)cc1C#Cc1ccc(NC(=O)NCCO)nc1. The first-order valence-corrected chi connectivity index (χ1v) is 13.3. The van der Waals surface area contributed by atoms with Crippen LogP contribution in [-0.2, 0) is 6.54 Å². The second-order valence-corrected chi connectivity index (χ2v) is 10.1. The van der Waals surface area contributed by atoms with E-state index >= 15 is 0 Å². The van der Waals surface area contributed by atoms with Crippen molar-refractivity contribution < 1.29 is 14.7 Å². The van der Waals surface area contributed by atoms with Gasteiger partial charge in [0.15, 0.2) is 0 Å². The first kappa shape index (κ1) is 28.8. The van der Waals surface area contributed by atoms with Crippen molar-refractivity contribution in [3.05, 3.63) is 88.6 Å². The molecule has 0 bridgehead atoms. The van der Waals surface area contributed by atoms with Gasteiger partial charge < -0.3 is 20.6 Å². The van der Waals surface area contributed by atoms with Crippen molar-refractivity contribution in [1.29, 1.82) is 0 Å². The highest BCUT2D eigenvalue weighted by Crippen LogP contribution is 2.19.